The van der Waals surface area contributed by atoms with Crippen LogP contribution in [0.4, 0.5) is 5.69 Å². The molecule has 2 aromatic carbocycles. The summed E-state index contributed by atoms with van der Waals surface area (Å²) in [7, 11) is -1.68. The molecule has 0 bridgehead atoms. The van der Waals surface area contributed by atoms with Crippen LogP contribution in [-0.4, -0.2) is 64.9 Å². The maximum atomic E-state index is 12.4. The summed E-state index contributed by atoms with van der Waals surface area (Å²) in [5.74, 6) is 0.865. The molecule has 29 heavy (non-hydrogen) atoms. The van der Waals surface area contributed by atoms with Crippen molar-refractivity contribution >= 4 is 15.7 Å². The van der Waals surface area contributed by atoms with Gasteiger partial charge in [-0.25, -0.2) is 13.1 Å². The second-order valence-corrected chi connectivity index (χ2v) is 9.40. The van der Waals surface area contributed by atoms with Gasteiger partial charge in [0.05, 0.1) is 12.9 Å². The van der Waals surface area contributed by atoms with E-state index < -0.39 is 10.0 Å². The van der Waals surface area contributed by atoms with Crippen LogP contribution in [0.5, 0.6) is 5.75 Å². The van der Waals surface area contributed by atoms with Crippen molar-refractivity contribution in [3.8, 4) is 5.75 Å². The summed E-state index contributed by atoms with van der Waals surface area (Å²) in [5, 5.41) is 0. The van der Waals surface area contributed by atoms with E-state index in [-0.39, 0.29) is 11.8 Å². The van der Waals surface area contributed by atoms with Crippen LogP contribution in [0.25, 0.3) is 0 Å². The van der Waals surface area contributed by atoms with Gasteiger partial charge >= 0.3 is 0 Å². The van der Waals surface area contributed by atoms with E-state index in [0.717, 1.165) is 37.5 Å². The number of methoxy groups -OCH3 is 1. The molecule has 2 aromatic rings. The predicted octanol–water partition coefficient (Wildman–Crippen LogP) is 2.37. The number of hydrogen-bond donors (Lipinski definition) is 1. The quantitative estimate of drug-likeness (QED) is 0.679. The number of para-hydroxylation sites is 1. The second kappa shape index (κ2) is 10.1. The summed E-state index contributed by atoms with van der Waals surface area (Å²) >= 11 is 0. The molecule has 1 heterocycles. The zero-order valence-electron chi connectivity index (χ0n) is 17.3. The van der Waals surface area contributed by atoms with Crippen LogP contribution in [0.1, 0.15) is 12.5 Å². The fraction of sp³-hybridized carbons (Fsp3) is 0.455. The summed E-state index contributed by atoms with van der Waals surface area (Å²) in [4.78, 5) is 4.73. The molecule has 0 radical (unpaired) electrons. The van der Waals surface area contributed by atoms with Gasteiger partial charge in [0.25, 0.3) is 0 Å². The Kier molecular flexibility index (Phi) is 7.52. The van der Waals surface area contributed by atoms with Crippen LogP contribution < -0.4 is 14.4 Å². The number of ether oxygens (including phenoxy) is 1. The molecule has 1 fully saturated rings. The SMILES string of the molecule is COc1ccc(CCS(=O)(=O)NC[C@@H](C)N2CCN(c3ccccc3)CC2)cc1. The average Bonchev–Trinajstić information content (AvgIpc) is 2.77. The molecule has 0 amide bonds. The normalized spacial score (nSPS) is 16.6. The predicted molar refractivity (Wildman–Crippen MR) is 118 cm³/mol. The molecule has 0 aromatic heterocycles. The first-order valence-electron chi connectivity index (χ1n) is 10.1. The van der Waals surface area contributed by atoms with Gasteiger partial charge < -0.3 is 9.64 Å². The molecular formula is C22H31N3O3S. The molecule has 1 atom stereocenters. The highest BCUT2D eigenvalue weighted by Crippen LogP contribution is 2.16. The molecule has 1 aliphatic rings. The summed E-state index contributed by atoms with van der Waals surface area (Å²) in [6.07, 6.45) is 0.490. The van der Waals surface area contributed by atoms with E-state index in [2.05, 4.69) is 45.7 Å². The topological polar surface area (TPSA) is 61.9 Å². The smallest absolute Gasteiger partial charge is 0.211 e. The van der Waals surface area contributed by atoms with E-state index in [1.54, 1.807) is 7.11 Å². The van der Waals surface area contributed by atoms with Gasteiger partial charge in [0.2, 0.25) is 10.0 Å². The van der Waals surface area contributed by atoms with Gasteiger partial charge in [-0.05, 0) is 43.2 Å². The largest absolute Gasteiger partial charge is 0.497 e. The monoisotopic (exact) mass is 417 g/mol. The van der Waals surface area contributed by atoms with Crippen LogP contribution in [-0.2, 0) is 16.4 Å². The lowest BCUT2D eigenvalue weighted by molar-refractivity contribution is 0.198. The zero-order chi connectivity index (χ0) is 20.7. The zero-order valence-corrected chi connectivity index (χ0v) is 18.1. The Bertz CT molecular complexity index is 849. The van der Waals surface area contributed by atoms with Crippen molar-refractivity contribution < 1.29 is 13.2 Å². The number of benzene rings is 2. The minimum absolute atomic E-state index is 0.0911. The lowest BCUT2D eigenvalue weighted by Gasteiger charge is -2.39. The number of nitrogens with one attached hydrogen (secondary N) is 1. The van der Waals surface area contributed by atoms with Gasteiger partial charge in [-0.2, -0.15) is 0 Å². The van der Waals surface area contributed by atoms with Crippen molar-refractivity contribution in [1.29, 1.82) is 0 Å². The number of nitrogens with zero attached hydrogens (tertiary/aromatic N) is 2. The summed E-state index contributed by atoms with van der Waals surface area (Å²) in [6.45, 7) is 6.31. The molecule has 0 aliphatic carbocycles. The van der Waals surface area contributed by atoms with E-state index in [4.69, 9.17) is 4.74 Å². The number of anilines is 1. The lowest BCUT2D eigenvalue weighted by Crippen LogP contribution is -2.52. The molecular weight excluding hydrogens is 386 g/mol. The fourth-order valence-corrected chi connectivity index (χ4v) is 4.70. The Morgan fingerprint density at radius 3 is 2.28 bits per heavy atom. The Hall–Kier alpha value is -2.09. The molecule has 6 nitrogen and oxygen atoms in total. The van der Waals surface area contributed by atoms with Gasteiger partial charge in [-0.15, -0.1) is 0 Å². The highest BCUT2D eigenvalue weighted by molar-refractivity contribution is 7.89. The van der Waals surface area contributed by atoms with Gasteiger partial charge in [0, 0.05) is 44.5 Å². The van der Waals surface area contributed by atoms with Crippen molar-refractivity contribution in [3.63, 3.8) is 0 Å². The summed E-state index contributed by atoms with van der Waals surface area (Å²) in [5.41, 5.74) is 2.24. The van der Waals surface area contributed by atoms with Crippen molar-refractivity contribution in [2.75, 3.05) is 50.5 Å². The molecule has 7 heteroatoms. The van der Waals surface area contributed by atoms with Gasteiger partial charge in [0.1, 0.15) is 5.75 Å². The van der Waals surface area contributed by atoms with E-state index in [1.807, 2.05) is 30.3 Å². The molecule has 1 saturated heterocycles. The molecule has 1 aliphatic heterocycles. The van der Waals surface area contributed by atoms with Crippen LogP contribution in [0.2, 0.25) is 0 Å². The number of aryl methyl sites for hydroxylation is 1. The fourth-order valence-electron chi connectivity index (χ4n) is 3.55. The highest BCUT2D eigenvalue weighted by Gasteiger charge is 2.22. The number of hydrogen-bond acceptors (Lipinski definition) is 5. The molecule has 0 unspecified atom stereocenters. The molecule has 0 spiro atoms. The molecule has 0 saturated carbocycles. The van der Waals surface area contributed by atoms with Crippen molar-refractivity contribution in [1.82, 2.24) is 9.62 Å². The summed E-state index contributed by atoms with van der Waals surface area (Å²) in [6, 6.07) is 18.1. The average molecular weight is 418 g/mol. The Balaban J connectivity index is 1.41. The third-order valence-corrected chi connectivity index (χ3v) is 6.82. The molecule has 3 rings (SSSR count). The van der Waals surface area contributed by atoms with Crippen molar-refractivity contribution in [2.24, 2.45) is 0 Å². The van der Waals surface area contributed by atoms with Crippen molar-refractivity contribution in [3.05, 3.63) is 60.2 Å². The Morgan fingerprint density at radius 1 is 1.00 bits per heavy atom. The standard InChI is InChI=1S/C22H31N3O3S/c1-19(24-13-15-25(16-14-24)21-6-4-3-5-7-21)18-23-29(26,27)17-12-20-8-10-22(28-2)11-9-20/h3-11,19,23H,12-18H2,1-2H3/t19-/m1/s1. The van der Waals surface area contributed by atoms with Crippen LogP contribution in [0, 0.1) is 0 Å². The van der Waals surface area contributed by atoms with Gasteiger partial charge in [-0.1, -0.05) is 30.3 Å². The van der Waals surface area contributed by atoms with Crippen LogP contribution >= 0.6 is 0 Å². The molecule has 158 valence electrons. The van der Waals surface area contributed by atoms with E-state index in [0.29, 0.717) is 13.0 Å². The van der Waals surface area contributed by atoms with Crippen LogP contribution in [0.15, 0.2) is 54.6 Å². The maximum absolute atomic E-state index is 12.4. The number of sulfonamides is 1. The number of piperazine rings is 1. The first-order valence-corrected chi connectivity index (χ1v) is 11.8. The summed E-state index contributed by atoms with van der Waals surface area (Å²) < 4.78 is 32.7. The van der Waals surface area contributed by atoms with E-state index in [9.17, 15) is 8.42 Å². The number of rotatable bonds is 9. The van der Waals surface area contributed by atoms with Crippen LogP contribution in [0.3, 0.4) is 0 Å². The minimum atomic E-state index is -3.30. The Morgan fingerprint density at radius 2 is 1.66 bits per heavy atom. The minimum Gasteiger partial charge on any atom is -0.497 e. The third kappa shape index (κ3) is 6.45. The Labute approximate surface area is 174 Å². The van der Waals surface area contributed by atoms with Gasteiger partial charge in [0.15, 0.2) is 0 Å². The lowest BCUT2D eigenvalue weighted by atomic mass is 10.2. The first kappa shape index (κ1) is 21.6. The molecule has 1 N–H and O–H groups in total. The maximum Gasteiger partial charge on any atom is 0.211 e. The first-order chi connectivity index (χ1) is 14.0. The van der Waals surface area contributed by atoms with Gasteiger partial charge in [-0.3, -0.25) is 4.90 Å². The van der Waals surface area contributed by atoms with E-state index in [1.165, 1.54) is 5.69 Å². The second-order valence-electron chi connectivity index (χ2n) is 7.47. The van der Waals surface area contributed by atoms with E-state index >= 15 is 0 Å². The highest BCUT2D eigenvalue weighted by atomic mass is 32.2. The van der Waals surface area contributed by atoms with Crippen molar-refractivity contribution in [2.45, 2.75) is 19.4 Å². The third-order valence-electron chi connectivity index (χ3n) is 5.48.